The molecule has 23 heavy (non-hydrogen) atoms. The number of benzene rings is 1. The van der Waals surface area contributed by atoms with Crippen molar-refractivity contribution in [1.82, 2.24) is 19.7 Å². The highest BCUT2D eigenvalue weighted by Gasteiger charge is 2.13. The van der Waals surface area contributed by atoms with Crippen LogP contribution in [0.25, 0.3) is 21.8 Å². The predicted octanol–water partition coefficient (Wildman–Crippen LogP) is 4.46. The molecule has 0 aliphatic rings. The van der Waals surface area contributed by atoms with Crippen molar-refractivity contribution in [3.8, 4) is 10.8 Å². The van der Waals surface area contributed by atoms with Gasteiger partial charge in [-0.15, -0.1) is 11.3 Å². The maximum atomic E-state index is 5.32. The van der Waals surface area contributed by atoms with E-state index in [2.05, 4.69) is 27.7 Å². The molecule has 0 N–H and O–H groups in total. The minimum absolute atomic E-state index is 0.583. The van der Waals surface area contributed by atoms with Gasteiger partial charge in [0.15, 0.2) is 11.0 Å². The number of imidazole rings is 1. The van der Waals surface area contributed by atoms with E-state index in [4.69, 9.17) is 9.51 Å². The monoisotopic (exact) mass is 342 g/mol. The average molecular weight is 342 g/mol. The molecule has 4 rings (SSSR count). The highest BCUT2D eigenvalue weighted by atomic mass is 32.2. The molecule has 0 unspecified atom stereocenters. The molecule has 116 valence electrons. The molecule has 0 spiro atoms. The first-order chi connectivity index (χ1) is 11.3. The summed E-state index contributed by atoms with van der Waals surface area (Å²) in [7, 11) is 0. The number of fused-ring (bicyclic) bond motifs is 1. The molecule has 0 fully saturated rings. The molecule has 3 heterocycles. The van der Waals surface area contributed by atoms with Gasteiger partial charge in [-0.1, -0.05) is 35.1 Å². The van der Waals surface area contributed by atoms with Crippen LogP contribution in [0.5, 0.6) is 0 Å². The Bertz CT molecular complexity index is 927. The van der Waals surface area contributed by atoms with Gasteiger partial charge in [-0.3, -0.25) is 0 Å². The smallest absolute Gasteiger partial charge is 0.268 e. The summed E-state index contributed by atoms with van der Waals surface area (Å²) < 4.78 is 7.53. The van der Waals surface area contributed by atoms with Crippen LogP contribution in [-0.4, -0.2) is 19.7 Å². The van der Waals surface area contributed by atoms with E-state index in [0.717, 1.165) is 27.6 Å². The minimum atomic E-state index is 0.583. The highest BCUT2D eigenvalue weighted by Crippen LogP contribution is 2.27. The fraction of sp³-hybridized carbons (Fsp3) is 0.188. The van der Waals surface area contributed by atoms with E-state index in [0.29, 0.717) is 17.5 Å². The van der Waals surface area contributed by atoms with E-state index >= 15 is 0 Å². The van der Waals surface area contributed by atoms with Crippen LogP contribution < -0.4 is 0 Å². The van der Waals surface area contributed by atoms with E-state index in [9.17, 15) is 0 Å². The molecule has 0 atom stereocenters. The third-order valence-corrected chi connectivity index (χ3v) is 5.30. The summed E-state index contributed by atoms with van der Waals surface area (Å²) in [5.41, 5.74) is 2.18. The van der Waals surface area contributed by atoms with E-state index in [1.807, 2.05) is 35.7 Å². The lowest BCUT2D eigenvalue weighted by atomic mass is 10.3. The number of rotatable bonds is 5. The Kier molecular flexibility index (Phi) is 3.88. The summed E-state index contributed by atoms with van der Waals surface area (Å²) in [4.78, 5) is 10.1. The zero-order chi connectivity index (χ0) is 15.6. The second kappa shape index (κ2) is 6.17. The summed E-state index contributed by atoms with van der Waals surface area (Å²) >= 11 is 3.22. The van der Waals surface area contributed by atoms with Crippen molar-refractivity contribution in [3.05, 3.63) is 47.6 Å². The van der Waals surface area contributed by atoms with Crippen LogP contribution in [0, 0.1) is 0 Å². The van der Waals surface area contributed by atoms with Crippen molar-refractivity contribution in [2.75, 3.05) is 0 Å². The first-order valence-electron chi connectivity index (χ1n) is 7.29. The van der Waals surface area contributed by atoms with Crippen molar-refractivity contribution in [2.24, 2.45) is 0 Å². The van der Waals surface area contributed by atoms with Crippen LogP contribution in [0.2, 0.25) is 0 Å². The molecule has 7 heteroatoms. The van der Waals surface area contributed by atoms with Crippen LogP contribution >= 0.6 is 23.1 Å². The highest BCUT2D eigenvalue weighted by molar-refractivity contribution is 7.98. The van der Waals surface area contributed by atoms with Gasteiger partial charge in [-0.2, -0.15) is 4.98 Å². The number of nitrogens with zero attached hydrogens (tertiary/aromatic N) is 4. The van der Waals surface area contributed by atoms with Crippen molar-refractivity contribution < 1.29 is 4.52 Å². The molecule has 0 saturated carbocycles. The number of thioether (sulfide) groups is 1. The van der Waals surface area contributed by atoms with E-state index in [1.165, 1.54) is 0 Å². The summed E-state index contributed by atoms with van der Waals surface area (Å²) in [6.07, 6.45) is 0. The number of hydrogen-bond acceptors (Lipinski definition) is 6. The van der Waals surface area contributed by atoms with Gasteiger partial charge in [-0.25, -0.2) is 4.98 Å². The number of para-hydroxylation sites is 2. The lowest BCUT2D eigenvalue weighted by Gasteiger charge is -2.03. The van der Waals surface area contributed by atoms with E-state index in [1.54, 1.807) is 23.1 Å². The standard InChI is InChI=1S/C16H14N4OS2/c1-2-20-12-7-4-3-6-11(12)17-16(20)23-10-14-18-15(21-19-14)13-8-5-9-22-13/h3-9H,2,10H2,1H3. The van der Waals surface area contributed by atoms with E-state index < -0.39 is 0 Å². The number of hydrogen-bond donors (Lipinski definition) is 0. The predicted molar refractivity (Wildman–Crippen MR) is 92.6 cm³/mol. The topological polar surface area (TPSA) is 56.7 Å². The second-order valence-corrected chi connectivity index (χ2v) is 6.80. The lowest BCUT2D eigenvalue weighted by molar-refractivity contribution is 0.426. The Hall–Kier alpha value is -2.12. The van der Waals surface area contributed by atoms with Crippen LogP contribution in [0.15, 0.2) is 51.5 Å². The SMILES string of the molecule is CCn1c(SCc2noc(-c3cccs3)n2)nc2ccccc21. The summed E-state index contributed by atoms with van der Waals surface area (Å²) in [6, 6.07) is 12.1. The molecule has 3 aromatic heterocycles. The van der Waals surface area contributed by atoms with Crippen LogP contribution in [0.1, 0.15) is 12.7 Å². The molecule has 5 nitrogen and oxygen atoms in total. The molecular weight excluding hydrogens is 328 g/mol. The Morgan fingerprint density at radius 1 is 1.17 bits per heavy atom. The maximum Gasteiger partial charge on any atom is 0.268 e. The molecule has 0 bridgehead atoms. The third-order valence-electron chi connectivity index (χ3n) is 3.47. The quantitative estimate of drug-likeness (QED) is 0.501. The number of aryl methyl sites for hydroxylation is 1. The Balaban J connectivity index is 1.55. The minimum Gasteiger partial charge on any atom is -0.333 e. The number of aromatic nitrogens is 4. The molecule has 0 amide bonds. The second-order valence-electron chi connectivity index (χ2n) is 4.91. The third kappa shape index (κ3) is 2.77. The van der Waals surface area contributed by atoms with Gasteiger partial charge in [0.1, 0.15) is 0 Å². The summed E-state index contributed by atoms with van der Waals surface area (Å²) in [5.74, 6) is 1.91. The van der Waals surface area contributed by atoms with Gasteiger partial charge in [-0.05, 0) is 30.5 Å². The summed E-state index contributed by atoms with van der Waals surface area (Å²) in [5, 5.41) is 7.04. The van der Waals surface area contributed by atoms with Gasteiger partial charge < -0.3 is 9.09 Å². The molecule has 0 aliphatic carbocycles. The Morgan fingerprint density at radius 2 is 2.09 bits per heavy atom. The molecular formula is C16H14N4OS2. The molecule has 1 aromatic carbocycles. The van der Waals surface area contributed by atoms with Crippen molar-refractivity contribution in [3.63, 3.8) is 0 Å². The Morgan fingerprint density at radius 3 is 2.91 bits per heavy atom. The zero-order valence-corrected chi connectivity index (χ0v) is 14.1. The molecule has 0 saturated heterocycles. The lowest BCUT2D eigenvalue weighted by Crippen LogP contribution is -1.96. The fourth-order valence-corrected chi connectivity index (χ4v) is 3.98. The van der Waals surface area contributed by atoms with E-state index in [-0.39, 0.29) is 0 Å². The van der Waals surface area contributed by atoms with Gasteiger partial charge in [0.2, 0.25) is 0 Å². The van der Waals surface area contributed by atoms with Crippen molar-refractivity contribution in [1.29, 1.82) is 0 Å². The first kappa shape index (κ1) is 14.5. The van der Waals surface area contributed by atoms with Crippen LogP contribution in [0.3, 0.4) is 0 Å². The van der Waals surface area contributed by atoms with Gasteiger partial charge in [0.05, 0.1) is 21.7 Å². The molecule has 4 aromatic rings. The van der Waals surface area contributed by atoms with Crippen molar-refractivity contribution in [2.45, 2.75) is 24.4 Å². The van der Waals surface area contributed by atoms with Crippen LogP contribution in [-0.2, 0) is 12.3 Å². The van der Waals surface area contributed by atoms with Crippen molar-refractivity contribution >= 4 is 34.1 Å². The average Bonchev–Trinajstić information content (AvgIpc) is 3.30. The first-order valence-corrected chi connectivity index (χ1v) is 9.16. The van der Waals surface area contributed by atoms with Crippen LogP contribution in [0.4, 0.5) is 0 Å². The molecule has 0 aliphatic heterocycles. The van der Waals surface area contributed by atoms with Gasteiger partial charge in [0.25, 0.3) is 5.89 Å². The Labute approximate surface area is 141 Å². The zero-order valence-electron chi connectivity index (χ0n) is 12.5. The summed E-state index contributed by atoms with van der Waals surface area (Å²) in [6.45, 7) is 3.01. The largest absolute Gasteiger partial charge is 0.333 e. The molecule has 0 radical (unpaired) electrons. The maximum absolute atomic E-state index is 5.32. The fourth-order valence-electron chi connectivity index (χ4n) is 2.41. The normalized spacial score (nSPS) is 11.3. The van der Waals surface area contributed by atoms with Gasteiger partial charge >= 0.3 is 0 Å². The number of thiophene rings is 1. The van der Waals surface area contributed by atoms with Gasteiger partial charge in [0, 0.05) is 6.54 Å².